The van der Waals surface area contributed by atoms with Crippen LogP contribution in [0.15, 0.2) is 30.3 Å². The van der Waals surface area contributed by atoms with Crippen molar-refractivity contribution in [2.24, 2.45) is 0 Å². The third-order valence-corrected chi connectivity index (χ3v) is 3.05. The number of carbonyl (C=O) groups is 2. The van der Waals surface area contributed by atoms with Gasteiger partial charge in [-0.1, -0.05) is 18.2 Å². The lowest BCUT2D eigenvalue weighted by Gasteiger charge is -2.15. The lowest BCUT2D eigenvalue weighted by Crippen LogP contribution is -2.39. The summed E-state index contributed by atoms with van der Waals surface area (Å²) < 4.78 is 0. The Morgan fingerprint density at radius 2 is 2.06 bits per heavy atom. The lowest BCUT2D eigenvalue weighted by molar-refractivity contribution is -0.133. The number of aliphatic hydroxyl groups excluding tert-OH is 1. The van der Waals surface area contributed by atoms with Crippen LogP contribution in [0.2, 0.25) is 0 Å². The van der Waals surface area contributed by atoms with Crippen LogP contribution in [-0.2, 0) is 4.79 Å². The van der Waals surface area contributed by atoms with Gasteiger partial charge in [0.25, 0.3) is 5.91 Å². The molecule has 1 aromatic carbocycles. The van der Waals surface area contributed by atoms with E-state index < -0.39 is 6.61 Å². The van der Waals surface area contributed by atoms with Gasteiger partial charge in [0, 0.05) is 24.7 Å². The first-order valence-corrected chi connectivity index (χ1v) is 5.95. The summed E-state index contributed by atoms with van der Waals surface area (Å²) >= 11 is 0. The molecule has 1 atom stereocenters. The van der Waals surface area contributed by atoms with E-state index in [2.05, 4.69) is 5.32 Å². The molecule has 0 spiro atoms. The van der Waals surface area contributed by atoms with Gasteiger partial charge in [-0.05, 0) is 18.6 Å². The molecular formula is C13H16N2O3. The van der Waals surface area contributed by atoms with Crippen molar-refractivity contribution in [2.45, 2.75) is 12.5 Å². The smallest absolute Gasteiger partial charge is 0.251 e. The van der Waals surface area contributed by atoms with E-state index in [0.717, 1.165) is 6.42 Å². The Bertz CT molecular complexity index is 433. The predicted octanol–water partition coefficient (Wildman–Crippen LogP) is 0.00960. The fraction of sp³-hybridized carbons (Fsp3) is 0.385. The number of carbonyl (C=O) groups excluding carboxylic acids is 2. The van der Waals surface area contributed by atoms with Gasteiger partial charge < -0.3 is 15.3 Å². The number of amides is 2. The number of hydrogen-bond donors (Lipinski definition) is 2. The van der Waals surface area contributed by atoms with Crippen LogP contribution in [0.4, 0.5) is 0 Å². The number of benzene rings is 1. The number of likely N-dealkylation sites (tertiary alicyclic amines) is 1. The molecule has 2 rings (SSSR count). The molecule has 0 saturated carbocycles. The normalized spacial score (nSPS) is 18.7. The molecule has 5 nitrogen and oxygen atoms in total. The average molecular weight is 248 g/mol. The molecule has 1 aliphatic heterocycles. The molecule has 0 radical (unpaired) electrons. The first-order chi connectivity index (χ1) is 8.70. The molecule has 1 heterocycles. The number of aliphatic hydroxyl groups is 1. The van der Waals surface area contributed by atoms with E-state index in [4.69, 9.17) is 5.11 Å². The van der Waals surface area contributed by atoms with E-state index in [9.17, 15) is 9.59 Å². The van der Waals surface area contributed by atoms with Crippen molar-refractivity contribution in [1.29, 1.82) is 0 Å². The van der Waals surface area contributed by atoms with Crippen LogP contribution in [-0.4, -0.2) is 47.6 Å². The molecule has 96 valence electrons. The molecule has 0 aromatic heterocycles. The fourth-order valence-corrected chi connectivity index (χ4v) is 2.06. The quantitative estimate of drug-likeness (QED) is 0.791. The zero-order chi connectivity index (χ0) is 13.0. The lowest BCUT2D eigenvalue weighted by atomic mass is 10.2. The minimum atomic E-state index is -0.473. The van der Waals surface area contributed by atoms with Gasteiger partial charge in [-0.15, -0.1) is 0 Å². The van der Waals surface area contributed by atoms with E-state index in [1.165, 1.54) is 0 Å². The third kappa shape index (κ3) is 2.87. The first-order valence-electron chi connectivity index (χ1n) is 5.95. The van der Waals surface area contributed by atoms with Gasteiger partial charge >= 0.3 is 0 Å². The van der Waals surface area contributed by atoms with Crippen LogP contribution in [0.1, 0.15) is 16.8 Å². The summed E-state index contributed by atoms with van der Waals surface area (Å²) in [6.45, 7) is 0.580. The Balaban J connectivity index is 1.89. The molecule has 18 heavy (non-hydrogen) atoms. The highest BCUT2D eigenvalue weighted by molar-refractivity contribution is 5.94. The van der Waals surface area contributed by atoms with Crippen LogP contribution in [0.5, 0.6) is 0 Å². The fourth-order valence-electron chi connectivity index (χ4n) is 2.06. The zero-order valence-corrected chi connectivity index (χ0v) is 10.0. The highest BCUT2D eigenvalue weighted by Gasteiger charge is 2.26. The molecule has 1 aliphatic rings. The zero-order valence-electron chi connectivity index (χ0n) is 10.0. The summed E-state index contributed by atoms with van der Waals surface area (Å²) in [4.78, 5) is 24.7. The molecule has 0 bridgehead atoms. The number of nitrogens with zero attached hydrogens (tertiary/aromatic N) is 1. The average Bonchev–Trinajstić information content (AvgIpc) is 2.87. The second kappa shape index (κ2) is 5.64. The van der Waals surface area contributed by atoms with Crippen molar-refractivity contribution in [1.82, 2.24) is 10.2 Å². The maximum absolute atomic E-state index is 11.9. The molecular weight excluding hydrogens is 232 g/mol. The first kappa shape index (κ1) is 12.6. The number of nitrogens with one attached hydrogen (secondary N) is 1. The molecule has 1 fully saturated rings. The standard InChI is InChI=1S/C13H16N2O3/c16-9-12(17)15-7-6-11(8-15)14-13(18)10-4-2-1-3-5-10/h1-5,11,16H,6-9H2,(H,14,18). The van der Waals surface area contributed by atoms with Gasteiger partial charge in [0.15, 0.2) is 0 Å². The Kier molecular flexibility index (Phi) is 3.94. The summed E-state index contributed by atoms with van der Waals surface area (Å²) in [5.74, 6) is -0.412. The predicted molar refractivity (Wildman–Crippen MR) is 66.0 cm³/mol. The Labute approximate surface area is 105 Å². The van der Waals surface area contributed by atoms with E-state index in [1.807, 2.05) is 18.2 Å². The molecule has 1 aromatic rings. The summed E-state index contributed by atoms with van der Waals surface area (Å²) in [6, 6.07) is 8.94. The maximum Gasteiger partial charge on any atom is 0.251 e. The van der Waals surface area contributed by atoms with Crippen LogP contribution in [0.25, 0.3) is 0 Å². The maximum atomic E-state index is 11.9. The van der Waals surface area contributed by atoms with E-state index in [1.54, 1.807) is 17.0 Å². The van der Waals surface area contributed by atoms with Gasteiger partial charge in [0.1, 0.15) is 6.61 Å². The molecule has 5 heteroatoms. The molecule has 1 saturated heterocycles. The molecule has 2 amide bonds. The molecule has 0 aliphatic carbocycles. The number of rotatable bonds is 3. The van der Waals surface area contributed by atoms with Crippen LogP contribution in [0.3, 0.4) is 0 Å². The summed E-state index contributed by atoms with van der Waals surface area (Å²) in [7, 11) is 0. The minimum absolute atomic E-state index is 0.0341. The number of hydrogen-bond acceptors (Lipinski definition) is 3. The van der Waals surface area contributed by atoms with E-state index in [-0.39, 0.29) is 17.9 Å². The Morgan fingerprint density at radius 3 is 2.72 bits per heavy atom. The van der Waals surface area contributed by atoms with Gasteiger partial charge in [-0.3, -0.25) is 9.59 Å². The van der Waals surface area contributed by atoms with Crippen molar-refractivity contribution >= 4 is 11.8 Å². The van der Waals surface area contributed by atoms with Crippen LogP contribution < -0.4 is 5.32 Å². The van der Waals surface area contributed by atoms with E-state index >= 15 is 0 Å². The van der Waals surface area contributed by atoms with Crippen LogP contribution in [0, 0.1) is 0 Å². The highest BCUT2D eigenvalue weighted by atomic mass is 16.3. The van der Waals surface area contributed by atoms with Crippen molar-refractivity contribution in [3.8, 4) is 0 Å². The van der Waals surface area contributed by atoms with Gasteiger partial charge in [0.05, 0.1) is 0 Å². The summed E-state index contributed by atoms with van der Waals surface area (Å²) in [5.41, 5.74) is 0.615. The topological polar surface area (TPSA) is 69.6 Å². The Morgan fingerprint density at radius 1 is 1.33 bits per heavy atom. The van der Waals surface area contributed by atoms with Gasteiger partial charge in [-0.2, -0.15) is 0 Å². The summed E-state index contributed by atoms with van der Waals surface area (Å²) in [6.07, 6.45) is 0.727. The van der Waals surface area contributed by atoms with Crippen LogP contribution >= 0.6 is 0 Å². The van der Waals surface area contributed by atoms with Crippen molar-refractivity contribution in [3.63, 3.8) is 0 Å². The monoisotopic (exact) mass is 248 g/mol. The molecule has 2 N–H and O–H groups in total. The van der Waals surface area contributed by atoms with Crippen molar-refractivity contribution < 1.29 is 14.7 Å². The third-order valence-electron chi connectivity index (χ3n) is 3.05. The van der Waals surface area contributed by atoms with Gasteiger partial charge in [0.2, 0.25) is 5.91 Å². The molecule has 1 unspecified atom stereocenters. The largest absolute Gasteiger partial charge is 0.387 e. The second-order valence-corrected chi connectivity index (χ2v) is 4.32. The van der Waals surface area contributed by atoms with Crippen molar-refractivity contribution in [3.05, 3.63) is 35.9 Å². The van der Waals surface area contributed by atoms with Crippen molar-refractivity contribution in [2.75, 3.05) is 19.7 Å². The second-order valence-electron chi connectivity index (χ2n) is 4.32. The highest BCUT2D eigenvalue weighted by Crippen LogP contribution is 2.10. The summed E-state index contributed by atoms with van der Waals surface area (Å²) in [5, 5.41) is 11.7. The SMILES string of the molecule is O=C(NC1CCN(C(=O)CO)C1)c1ccccc1. The van der Waals surface area contributed by atoms with Gasteiger partial charge in [-0.25, -0.2) is 0 Å². The minimum Gasteiger partial charge on any atom is -0.387 e. The van der Waals surface area contributed by atoms with E-state index in [0.29, 0.717) is 18.7 Å². The Hall–Kier alpha value is -1.88.